The predicted octanol–water partition coefficient (Wildman–Crippen LogP) is 2.79. The molecule has 0 saturated heterocycles. The Labute approximate surface area is 92.7 Å². The maximum Gasteiger partial charge on any atom is -0.00404 e. The van der Waals surface area contributed by atoms with Crippen LogP contribution in [0.1, 0.15) is 37.0 Å². The number of benzene rings is 1. The smallest absolute Gasteiger partial charge is 0.00404 e. The second kappa shape index (κ2) is 3.64. The number of rotatable bonds is 1. The molecule has 1 aromatic rings. The van der Waals surface area contributed by atoms with Gasteiger partial charge in [-0.3, -0.25) is 0 Å². The minimum absolute atomic E-state index is 0.244. The van der Waals surface area contributed by atoms with E-state index in [-0.39, 0.29) is 5.41 Å². The van der Waals surface area contributed by atoms with E-state index in [4.69, 9.17) is 5.73 Å². The summed E-state index contributed by atoms with van der Waals surface area (Å²) in [5, 5.41) is 0. The number of hydrogen-bond donors (Lipinski definition) is 1. The Morgan fingerprint density at radius 3 is 2.80 bits per heavy atom. The van der Waals surface area contributed by atoms with Crippen LogP contribution in [-0.4, -0.2) is 6.54 Å². The number of hydrogen-bond acceptors (Lipinski definition) is 1. The van der Waals surface area contributed by atoms with Gasteiger partial charge in [-0.25, -0.2) is 0 Å². The molecule has 0 saturated carbocycles. The van der Waals surface area contributed by atoms with Crippen LogP contribution < -0.4 is 5.73 Å². The highest BCUT2D eigenvalue weighted by atomic mass is 14.6. The summed E-state index contributed by atoms with van der Waals surface area (Å²) in [6.07, 6.45) is 2.43. The van der Waals surface area contributed by atoms with Crippen molar-refractivity contribution in [3.8, 4) is 0 Å². The molecule has 1 unspecified atom stereocenters. The van der Waals surface area contributed by atoms with Gasteiger partial charge in [0.15, 0.2) is 0 Å². The highest BCUT2D eigenvalue weighted by molar-refractivity contribution is 5.39. The molecular weight excluding hydrogens is 182 g/mol. The van der Waals surface area contributed by atoms with Crippen molar-refractivity contribution in [2.75, 3.05) is 6.54 Å². The van der Waals surface area contributed by atoms with Crippen LogP contribution in [0.15, 0.2) is 18.2 Å². The Hall–Kier alpha value is -0.820. The average molecular weight is 203 g/mol. The van der Waals surface area contributed by atoms with Crippen LogP contribution in [0.5, 0.6) is 0 Å². The number of aryl methyl sites for hydroxylation is 2. The number of nitrogens with two attached hydrogens (primary N) is 1. The van der Waals surface area contributed by atoms with Gasteiger partial charge >= 0.3 is 0 Å². The summed E-state index contributed by atoms with van der Waals surface area (Å²) in [6.45, 7) is 7.65. The maximum atomic E-state index is 5.87. The summed E-state index contributed by atoms with van der Waals surface area (Å²) in [5.74, 6) is 0.631. The molecule has 0 aromatic heterocycles. The highest BCUT2D eigenvalue weighted by Crippen LogP contribution is 2.40. The van der Waals surface area contributed by atoms with Crippen molar-refractivity contribution in [1.82, 2.24) is 0 Å². The predicted molar refractivity (Wildman–Crippen MR) is 65.1 cm³/mol. The lowest BCUT2D eigenvalue weighted by molar-refractivity contribution is 0.285. The maximum absolute atomic E-state index is 5.87. The van der Waals surface area contributed by atoms with Crippen LogP contribution in [0, 0.1) is 12.8 Å². The van der Waals surface area contributed by atoms with E-state index in [1.807, 2.05) is 0 Å². The van der Waals surface area contributed by atoms with Gasteiger partial charge in [0.2, 0.25) is 0 Å². The minimum atomic E-state index is 0.244. The summed E-state index contributed by atoms with van der Waals surface area (Å²) in [7, 11) is 0. The summed E-state index contributed by atoms with van der Waals surface area (Å²) < 4.78 is 0. The quantitative estimate of drug-likeness (QED) is 0.746. The molecule has 0 fully saturated rings. The zero-order chi connectivity index (χ0) is 11.1. The molecule has 82 valence electrons. The molecule has 2 rings (SSSR count). The van der Waals surface area contributed by atoms with Gasteiger partial charge in [0.1, 0.15) is 0 Å². The van der Waals surface area contributed by atoms with Crippen molar-refractivity contribution in [1.29, 1.82) is 0 Å². The van der Waals surface area contributed by atoms with E-state index in [9.17, 15) is 0 Å². The summed E-state index contributed by atoms with van der Waals surface area (Å²) in [4.78, 5) is 0. The SMILES string of the molecule is Cc1ccc2c(c1)C(C)(C)C(CN)CC2. The van der Waals surface area contributed by atoms with Crippen molar-refractivity contribution in [3.05, 3.63) is 34.9 Å². The van der Waals surface area contributed by atoms with Crippen LogP contribution in [0.2, 0.25) is 0 Å². The molecule has 0 heterocycles. The average Bonchev–Trinajstić information content (AvgIpc) is 2.19. The molecule has 1 atom stereocenters. The second-order valence-electron chi connectivity index (χ2n) is 5.35. The third-order valence-corrected chi connectivity index (χ3v) is 4.03. The fourth-order valence-electron chi connectivity index (χ4n) is 2.83. The molecule has 0 aliphatic heterocycles. The Balaban J connectivity index is 2.50. The third kappa shape index (κ3) is 1.69. The standard InChI is InChI=1S/C14H21N/c1-10-4-5-11-6-7-12(9-15)14(2,3)13(11)8-10/h4-5,8,12H,6-7,9,15H2,1-3H3. The van der Waals surface area contributed by atoms with Gasteiger partial charge in [0.05, 0.1) is 0 Å². The first kappa shape index (κ1) is 10.7. The van der Waals surface area contributed by atoms with Gasteiger partial charge in [-0.05, 0) is 48.8 Å². The summed E-state index contributed by atoms with van der Waals surface area (Å²) >= 11 is 0. The minimum Gasteiger partial charge on any atom is -0.330 e. The van der Waals surface area contributed by atoms with Crippen molar-refractivity contribution in [2.24, 2.45) is 11.7 Å². The van der Waals surface area contributed by atoms with E-state index in [1.54, 1.807) is 0 Å². The Morgan fingerprint density at radius 1 is 1.40 bits per heavy atom. The number of fused-ring (bicyclic) bond motifs is 1. The van der Waals surface area contributed by atoms with E-state index in [0.717, 1.165) is 6.54 Å². The van der Waals surface area contributed by atoms with Crippen LogP contribution in [0.25, 0.3) is 0 Å². The van der Waals surface area contributed by atoms with Crippen molar-refractivity contribution in [3.63, 3.8) is 0 Å². The van der Waals surface area contributed by atoms with Crippen molar-refractivity contribution in [2.45, 2.75) is 39.0 Å². The molecular formula is C14H21N. The van der Waals surface area contributed by atoms with Gasteiger partial charge in [-0.1, -0.05) is 37.6 Å². The van der Waals surface area contributed by atoms with Crippen LogP contribution in [0.4, 0.5) is 0 Å². The lowest BCUT2D eigenvalue weighted by atomic mass is 9.65. The normalized spacial score (nSPS) is 23.6. The molecule has 0 amide bonds. The topological polar surface area (TPSA) is 26.0 Å². The first-order valence-corrected chi connectivity index (χ1v) is 5.86. The molecule has 0 bridgehead atoms. The highest BCUT2D eigenvalue weighted by Gasteiger charge is 2.35. The lowest BCUT2D eigenvalue weighted by Crippen LogP contribution is -2.38. The Kier molecular flexibility index (Phi) is 2.59. The third-order valence-electron chi connectivity index (χ3n) is 4.03. The van der Waals surface area contributed by atoms with Gasteiger partial charge in [-0.15, -0.1) is 0 Å². The van der Waals surface area contributed by atoms with Gasteiger partial charge < -0.3 is 5.73 Å². The molecule has 0 spiro atoms. The first-order valence-electron chi connectivity index (χ1n) is 5.86. The first-order chi connectivity index (χ1) is 7.05. The molecule has 2 N–H and O–H groups in total. The molecule has 1 aliphatic rings. The Morgan fingerprint density at radius 2 is 2.13 bits per heavy atom. The molecule has 1 heteroatoms. The molecule has 1 nitrogen and oxygen atoms in total. The molecule has 15 heavy (non-hydrogen) atoms. The van der Waals surface area contributed by atoms with E-state index in [2.05, 4.69) is 39.0 Å². The van der Waals surface area contributed by atoms with E-state index in [1.165, 1.54) is 29.5 Å². The fraction of sp³-hybridized carbons (Fsp3) is 0.571. The zero-order valence-corrected chi connectivity index (χ0v) is 10.0. The monoisotopic (exact) mass is 203 g/mol. The van der Waals surface area contributed by atoms with Gasteiger partial charge in [0.25, 0.3) is 0 Å². The van der Waals surface area contributed by atoms with Crippen molar-refractivity contribution >= 4 is 0 Å². The largest absolute Gasteiger partial charge is 0.330 e. The van der Waals surface area contributed by atoms with Gasteiger partial charge in [-0.2, -0.15) is 0 Å². The lowest BCUT2D eigenvalue weighted by Gasteiger charge is -2.40. The van der Waals surface area contributed by atoms with E-state index < -0.39 is 0 Å². The fourth-order valence-corrected chi connectivity index (χ4v) is 2.83. The Bertz CT molecular complexity index is 366. The van der Waals surface area contributed by atoms with Crippen molar-refractivity contribution < 1.29 is 0 Å². The summed E-state index contributed by atoms with van der Waals surface area (Å²) in [6, 6.07) is 6.86. The van der Waals surface area contributed by atoms with Crippen LogP contribution >= 0.6 is 0 Å². The molecule has 0 radical (unpaired) electrons. The zero-order valence-electron chi connectivity index (χ0n) is 10.0. The van der Waals surface area contributed by atoms with Gasteiger partial charge in [0, 0.05) is 0 Å². The van der Waals surface area contributed by atoms with E-state index >= 15 is 0 Å². The van der Waals surface area contributed by atoms with Crippen LogP contribution in [-0.2, 0) is 11.8 Å². The molecule has 1 aliphatic carbocycles. The second-order valence-corrected chi connectivity index (χ2v) is 5.35. The molecule has 1 aromatic carbocycles. The van der Waals surface area contributed by atoms with Crippen LogP contribution in [0.3, 0.4) is 0 Å². The van der Waals surface area contributed by atoms with E-state index in [0.29, 0.717) is 5.92 Å². The summed E-state index contributed by atoms with van der Waals surface area (Å²) in [5.41, 5.74) is 10.5.